The summed E-state index contributed by atoms with van der Waals surface area (Å²) in [5, 5.41) is 0. The quantitative estimate of drug-likeness (QED) is 0.292. The second-order valence-electron chi connectivity index (χ2n) is 11.6. The summed E-state index contributed by atoms with van der Waals surface area (Å²) in [7, 11) is 0. The Labute approximate surface area is 223 Å². The molecule has 1 heterocycles. The van der Waals surface area contributed by atoms with Crippen molar-refractivity contribution < 1.29 is 19.1 Å². The molecule has 3 rings (SSSR count). The summed E-state index contributed by atoms with van der Waals surface area (Å²) in [6, 6.07) is 15.9. The van der Waals surface area contributed by atoms with E-state index in [2.05, 4.69) is 6.92 Å². The maximum absolute atomic E-state index is 14.1. The molecule has 1 fully saturated rings. The van der Waals surface area contributed by atoms with E-state index in [-0.39, 0.29) is 48.1 Å². The number of Topliss-reactive ketones (excluding diaryl/α,β-unsaturated/α-hetero) is 3. The first-order valence-electron chi connectivity index (χ1n) is 13.8. The lowest BCUT2D eigenvalue weighted by Crippen LogP contribution is -2.43. The Kier molecular flexibility index (Phi) is 9.63. The second kappa shape index (κ2) is 12.3. The summed E-state index contributed by atoms with van der Waals surface area (Å²) in [5.74, 6) is -1.37. The van der Waals surface area contributed by atoms with Crippen molar-refractivity contribution in [2.24, 2.45) is 29.6 Å². The van der Waals surface area contributed by atoms with Crippen LogP contribution in [0.1, 0.15) is 80.9 Å². The number of carbonyl (C=O) groups is 3. The lowest BCUT2D eigenvalue weighted by atomic mass is 9.70. The average molecular weight is 505 g/mol. The topological polar surface area (TPSA) is 60.4 Å². The van der Waals surface area contributed by atoms with Crippen LogP contribution in [0.2, 0.25) is 0 Å². The standard InChI is InChI=1S/C33H44O4/c1-8-13-22(3)31(35)30-28(20-37-33(30,6)7)32(36)24(5)26(18-25-15-10-9-11-16-25)19-29(34)27-17-12-14-21(2)23(27)4/h9-12,14-17,22,24,26,28,30H,8,13,18-20H2,1-7H3. The van der Waals surface area contributed by atoms with Gasteiger partial charge in [-0.15, -0.1) is 0 Å². The fraction of sp³-hybridized carbons (Fsp3) is 0.545. The highest BCUT2D eigenvalue weighted by molar-refractivity contribution is 5.98. The highest BCUT2D eigenvalue weighted by Gasteiger charge is 2.52. The SMILES string of the molecule is CCCC(C)C(=O)C1C(C(=O)C(C)C(CC(=O)c2cccc(C)c2C)Cc2ccccc2)COC1(C)C. The molecule has 0 radical (unpaired) electrons. The number of hydrogen-bond acceptors (Lipinski definition) is 4. The molecule has 4 nitrogen and oxygen atoms in total. The predicted octanol–water partition coefficient (Wildman–Crippen LogP) is 6.99. The molecule has 200 valence electrons. The molecular weight excluding hydrogens is 460 g/mol. The van der Waals surface area contributed by atoms with Crippen molar-refractivity contribution in [3.05, 3.63) is 70.8 Å². The molecule has 1 saturated heterocycles. The zero-order chi connectivity index (χ0) is 27.3. The number of carbonyl (C=O) groups excluding carboxylic acids is 3. The summed E-state index contributed by atoms with van der Waals surface area (Å²) in [4.78, 5) is 41.1. The van der Waals surface area contributed by atoms with Gasteiger partial charge >= 0.3 is 0 Å². The van der Waals surface area contributed by atoms with Crippen LogP contribution < -0.4 is 0 Å². The Hall–Kier alpha value is -2.59. The number of rotatable bonds is 12. The van der Waals surface area contributed by atoms with E-state index in [1.165, 1.54) is 0 Å². The van der Waals surface area contributed by atoms with Crippen LogP contribution in [-0.4, -0.2) is 29.6 Å². The number of ketones is 3. The molecule has 0 amide bonds. The Bertz CT molecular complexity index is 1100. The van der Waals surface area contributed by atoms with Crippen molar-refractivity contribution in [1.82, 2.24) is 0 Å². The number of hydrogen-bond donors (Lipinski definition) is 0. The third-order valence-electron chi connectivity index (χ3n) is 8.51. The van der Waals surface area contributed by atoms with Crippen LogP contribution in [0.25, 0.3) is 0 Å². The van der Waals surface area contributed by atoms with Gasteiger partial charge in [-0.2, -0.15) is 0 Å². The van der Waals surface area contributed by atoms with Gasteiger partial charge < -0.3 is 4.74 Å². The van der Waals surface area contributed by atoms with Crippen molar-refractivity contribution in [3.63, 3.8) is 0 Å². The summed E-state index contributed by atoms with van der Waals surface area (Å²) >= 11 is 0. The van der Waals surface area contributed by atoms with E-state index in [1.807, 2.05) is 90.1 Å². The number of ether oxygens (including phenoxy) is 1. The van der Waals surface area contributed by atoms with Gasteiger partial charge in [-0.25, -0.2) is 0 Å². The molecule has 0 aromatic heterocycles. The zero-order valence-corrected chi connectivity index (χ0v) is 23.7. The highest BCUT2D eigenvalue weighted by atomic mass is 16.5. The van der Waals surface area contributed by atoms with E-state index in [0.29, 0.717) is 6.42 Å². The Morgan fingerprint density at radius 2 is 1.65 bits per heavy atom. The van der Waals surface area contributed by atoms with Crippen LogP contribution in [0.5, 0.6) is 0 Å². The van der Waals surface area contributed by atoms with E-state index < -0.39 is 17.4 Å². The molecule has 1 aliphatic rings. The van der Waals surface area contributed by atoms with Crippen molar-refractivity contribution in [2.75, 3.05) is 6.61 Å². The zero-order valence-electron chi connectivity index (χ0n) is 23.7. The number of aryl methyl sites for hydroxylation is 1. The van der Waals surface area contributed by atoms with Crippen LogP contribution in [0, 0.1) is 43.4 Å². The number of benzene rings is 2. The summed E-state index contributed by atoms with van der Waals surface area (Å²) in [5.41, 5.74) is 3.23. The maximum Gasteiger partial charge on any atom is 0.163 e. The molecule has 0 N–H and O–H groups in total. The smallest absolute Gasteiger partial charge is 0.163 e. The molecule has 0 aliphatic carbocycles. The minimum Gasteiger partial charge on any atom is -0.374 e. The lowest BCUT2D eigenvalue weighted by Gasteiger charge is -2.31. The molecule has 5 unspecified atom stereocenters. The van der Waals surface area contributed by atoms with Crippen molar-refractivity contribution in [3.8, 4) is 0 Å². The molecular formula is C33H44O4. The first-order valence-corrected chi connectivity index (χ1v) is 13.8. The van der Waals surface area contributed by atoms with Gasteiger partial charge in [0.15, 0.2) is 5.78 Å². The molecule has 0 spiro atoms. The summed E-state index contributed by atoms with van der Waals surface area (Å²) in [6.07, 6.45) is 2.65. The Morgan fingerprint density at radius 1 is 0.973 bits per heavy atom. The predicted molar refractivity (Wildman–Crippen MR) is 149 cm³/mol. The third kappa shape index (κ3) is 6.65. The van der Waals surface area contributed by atoms with Crippen molar-refractivity contribution >= 4 is 17.3 Å². The van der Waals surface area contributed by atoms with Crippen LogP contribution in [0.3, 0.4) is 0 Å². The molecule has 37 heavy (non-hydrogen) atoms. The summed E-state index contributed by atoms with van der Waals surface area (Å²) in [6.45, 7) is 14.1. The van der Waals surface area contributed by atoms with Gasteiger partial charge in [-0.3, -0.25) is 14.4 Å². The van der Waals surface area contributed by atoms with Gasteiger partial charge in [0, 0.05) is 23.8 Å². The second-order valence-corrected chi connectivity index (χ2v) is 11.6. The average Bonchev–Trinajstić information content (AvgIpc) is 3.19. The van der Waals surface area contributed by atoms with E-state index in [9.17, 15) is 14.4 Å². The summed E-state index contributed by atoms with van der Waals surface area (Å²) < 4.78 is 6.06. The third-order valence-corrected chi connectivity index (χ3v) is 8.51. The molecule has 1 aliphatic heterocycles. The molecule has 2 aromatic rings. The van der Waals surface area contributed by atoms with E-state index in [4.69, 9.17) is 4.74 Å². The Morgan fingerprint density at radius 3 is 2.30 bits per heavy atom. The fourth-order valence-corrected chi connectivity index (χ4v) is 5.96. The van der Waals surface area contributed by atoms with Crippen molar-refractivity contribution in [2.45, 2.75) is 79.8 Å². The van der Waals surface area contributed by atoms with Crippen LogP contribution >= 0.6 is 0 Å². The lowest BCUT2D eigenvalue weighted by molar-refractivity contribution is -0.137. The first kappa shape index (κ1) is 29.0. The van der Waals surface area contributed by atoms with Gasteiger partial charge in [-0.1, -0.05) is 75.7 Å². The van der Waals surface area contributed by atoms with Crippen LogP contribution in [-0.2, 0) is 20.7 Å². The minimum atomic E-state index is -0.678. The van der Waals surface area contributed by atoms with Gasteiger partial charge in [0.05, 0.1) is 24.0 Å². The highest BCUT2D eigenvalue weighted by Crippen LogP contribution is 2.41. The van der Waals surface area contributed by atoms with E-state index in [0.717, 1.165) is 35.1 Å². The van der Waals surface area contributed by atoms with Crippen LogP contribution in [0.15, 0.2) is 48.5 Å². The molecule has 4 heteroatoms. The maximum atomic E-state index is 14.1. The Balaban J connectivity index is 1.89. The molecule has 0 bridgehead atoms. The van der Waals surface area contributed by atoms with Gasteiger partial charge in [0.25, 0.3) is 0 Å². The minimum absolute atomic E-state index is 0.0438. The van der Waals surface area contributed by atoms with Crippen LogP contribution in [0.4, 0.5) is 0 Å². The molecule has 2 aromatic carbocycles. The van der Waals surface area contributed by atoms with E-state index in [1.54, 1.807) is 0 Å². The largest absolute Gasteiger partial charge is 0.374 e. The monoisotopic (exact) mass is 504 g/mol. The van der Waals surface area contributed by atoms with Gasteiger partial charge in [-0.05, 0) is 63.1 Å². The van der Waals surface area contributed by atoms with Gasteiger partial charge in [0.1, 0.15) is 11.6 Å². The fourth-order valence-electron chi connectivity index (χ4n) is 5.96. The van der Waals surface area contributed by atoms with Crippen molar-refractivity contribution in [1.29, 1.82) is 0 Å². The van der Waals surface area contributed by atoms with Gasteiger partial charge in [0.2, 0.25) is 0 Å². The molecule has 0 saturated carbocycles. The van der Waals surface area contributed by atoms with E-state index >= 15 is 0 Å². The normalized spacial score (nSPS) is 21.3. The first-order chi connectivity index (χ1) is 17.5. The molecule has 5 atom stereocenters.